The van der Waals surface area contributed by atoms with Crippen LogP contribution in [-0.4, -0.2) is 34.8 Å². The molecule has 6 nitrogen and oxygen atoms in total. The second-order valence-electron chi connectivity index (χ2n) is 9.38. The van der Waals surface area contributed by atoms with Crippen LogP contribution in [-0.2, 0) is 26.4 Å². The summed E-state index contributed by atoms with van der Waals surface area (Å²) in [6.45, 7) is 5.48. The average molecular weight is 460 g/mol. The van der Waals surface area contributed by atoms with Gasteiger partial charge in [-0.25, -0.2) is 9.59 Å². The lowest BCUT2D eigenvalue weighted by atomic mass is 9.79. The van der Waals surface area contributed by atoms with E-state index < -0.39 is 29.3 Å². The van der Waals surface area contributed by atoms with E-state index in [2.05, 4.69) is 0 Å². The molecule has 1 amide bonds. The fourth-order valence-electron chi connectivity index (χ4n) is 4.52. The van der Waals surface area contributed by atoms with Gasteiger partial charge in [0.1, 0.15) is 11.6 Å². The topological polar surface area (TPSA) is 76.1 Å². The first-order chi connectivity index (χ1) is 16.2. The molecule has 0 aliphatic carbocycles. The smallest absolute Gasteiger partial charge is 0.411 e. The maximum absolute atomic E-state index is 13.6. The number of hydrogen-bond acceptors (Lipinski definition) is 5. The van der Waals surface area contributed by atoms with E-state index in [0.29, 0.717) is 11.1 Å². The summed E-state index contributed by atoms with van der Waals surface area (Å²) in [5.41, 5.74) is 0.607. The summed E-state index contributed by atoms with van der Waals surface area (Å²) in [6, 6.07) is 22.7. The zero-order chi connectivity index (χ0) is 24.5. The van der Waals surface area contributed by atoms with Crippen LogP contribution < -0.4 is 0 Å². The van der Waals surface area contributed by atoms with Crippen molar-refractivity contribution < 1.29 is 24.2 Å². The molecular weight excluding hydrogens is 430 g/mol. The Hall–Kier alpha value is -3.64. The summed E-state index contributed by atoms with van der Waals surface area (Å²) >= 11 is 0. The Kier molecular flexibility index (Phi) is 6.19. The molecule has 0 fully saturated rings. The second kappa shape index (κ2) is 8.95. The molecule has 0 radical (unpaired) electrons. The highest BCUT2D eigenvalue weighted by atomic mass is 16.6. The Morgan fingerprint density at radius 1 is 0.882 bits per heavy atom. The Morgan fingerprint density at radius 3 is 2.12 bits per heavy atom. The SMILES string of the molecule is COC(=O)[C@@](O)(c1ccccc1)[C@@H]1c2ccccc2-c2ccccc2CN1C(=O)OC(C)(C)C. The minimum absolute atomic E-state index is 0.135. The summed E-state index contributed by atoms with van der Waals surface area (Å²) in [4.78, 5) is 28.4. The predicted molar refractivity (Wildman–Crippen MR) is 129 cm³/mol. The van der Waals surface area contributed by atoms with Gasteiger partial charge in [0.25, 0.3) is 0 Å². The van der Waals surface area contributed by atoms with Gasteiger partial charge in [-0.05, 0) is 48.6 Å². The Labute approximate surface area is 199 Å². The van der Waals surface area contributed by atoms with E-state index in [1.54, 1.807) is 51.1 Å². The molecule has 0 aromatic heterocycles. The number of methoxy groups -OCH3 is 1. The van der Waals surface area contributed by atoms with Crippen LogP contribution in [0.1, 0.15) is 43.5 Å². The third-order valence-corrected chi connectivity index (χ3v) is 5.95. The third-order valence-electron chi connectivity index (χ3n) is 5.95. The molecule has 1 aliphatic rings. The van der Waals surface area contributed by atoms with Crippen molar-refractivity contribution in [2.75, 3.05) is 7.11 Å². The lowest BCUT2D eigenvalue weighted by molar-refractivity contribution is -0.173. The first kappa shape index (κ1) is 23.5. The van der Waals surface area contributed by atoms with Crippen molar-refractivity contribution in [1.29, 1.82) is 0 Å². The highest BCUT2D eigenvalue weighted by molar-refractivity contribution is 5.86. The van der Waals surface area contributed by atoms with Crippen molar-refractivity contribution in [3.63, 3.8) is 0 Å². The summed E-state index contributed by atoms with van der Waals surface area (Å²) < 4.78 is 10.9. The van der Waals surface area contributed by atoms with Gasteiger partial charge in [0, 0.05) is 0 Å². The van der Waals surface area contributed by atoms with Crippen molar-refractivity contribution >= 4 is 12.1 Å². The minimum atomic E-state index is -2.19. The first-order valence-corrected chi connectivity index (χ1v) is 11.2. The van der Waals surface area contributed by atoms with Crippen LogP contribution in [0.2, 0.25) is 0 Å². The molecule has 0 unspecified atom stereocenters. The standard InChI is InChI=1S/C28H29NO5/c1-27(2,3)34-26(31)29-18-19-12-8-9-15-21(19)22-16-10-11-17-23(22)24(29)28(32,25(30)33-4)20-13-6-5-7-14-20/h5-17,24,32H,18H2,1-4H3/t24-,28+/m0/s1. The van der Waals surface area contributed by atoms with Gasteiger partial charge in [-0.3, -0.25) is 4.90 Å². The number of rotatable bonds is 3. The van der Waals surface area contributed by atoms with Crippen LogP contribution in [0.3, 0.4) is 0 Å². The molecule has 1 heterocycles. The van der Waals surface area contributed by atoms with Crippen molar-refractivity contribution in [2.24, 2.45) is 0 Å². The van der Waals surface area contributed by atoms with Gasteiger partial charge in [0.05, 0.1) is 13.7 Å². The fourth-order valence-corrected chi connectivity index (χ4v) is 4.52. The average Bonchev–Trinajstić information content (AvgIpc) is 2.97. The van der Waals surface area contributed by atoms with Crippen LogP contribution in [0, 0.1) is 0 Å². The molecule has 6 heteroatoms. The van der Waals surface area contributed by atoms with E-state index >= 15 is 0 Å². The Balaban J connectivity index is 2.03. The number of nitrogens with zero attached hydrogens (tertiary/aromatic N) is 1. The monoisotopic (exact) mass is 459 g/mol. The van der Waals surface area contributed by atoms with E-state index in [1.807, 2.05) is 48.5 Å². The molecule has 0 saturated heterocycles. The number of hydrogen-bond donors (Lipinski definition) is 1. The molecule has 0 saturated carbocycles. The van der Waals surface area contributed by atoms with Gasteiger partial charge in [-0.15, -0.1) is 0 Å². The van der Waals surface area contributed by atoms with Crippen LogP contribution in [0.15, 0.2) is 78.9 Å². The highest BCUT2D eigenvalue weighted by Crippen LogP contribution is 2.47. The molecule has 3 aromatic rings. The molecule has 2 atom stereocenters. The summed E-state index contributed by atoms with van der Waals surface area (Å²) in [6.07, 6.45) is -0.637. The van der Waals surface area contributed by atoms with Gasteiger partial charge in [0.15, 0.2) is 0 Å². The van der Waals surface area contributed by atoms with Crippen molar-refractivity contribution in [1.82, 2.24) is 4.90 Å². The number of amides is 1. The molecule has 1 N–H and O–H groups in total. The van der Waals surface area contributed by atoms with Gasteiger partial charge in [0.2, 0.25) is 5.60 Å². The van der Waals surface area contributed by atoms with Crippen LogP contribution in [0.5, 0.6) is 0 Å². The number of carbonyl (C=O) groups is 2. The Morgan fingerprint density at radius 2 is 1.47 bits per heavy atom. The number of ether oxygens (including phenoxy) is 2. The van der Waals surface area contributed by atoms with Crippen LogP contribution in [0.4, 0.5) is 4.79 Å². The van der Waals surface area contributed by atoms with Gasteiger partial charge >= 0.3 is 12.1 Å². The number of aliphatic hydroxyl groups is 1. The molecule has 0 spiro atoms. The molecule has 176 valence electrons. The molecule has 34 heavy (non-hydrogen) atoms. The molecule has 0 bridgehead atoms. The lowest BCUT2D eigenvalue weighted by Gasteiger charge is -2.41. The molecule has 1 aliphatic heterocycles. The van der Waals surface area contributed by atoms with Crippen LogP contribution >= 0.6 is 0 Å². The number of benzene rings is 3. The van der Waals surface area contributed by atoms with E-state index in [-0.39, 0.29) is 6.54 Å². The highest BCUT2D eigenvalue weighted by Gasteiger charge is 2.53. The first-order valence-electron chi connectivity index (χ1n) is 11.2. The third kappa shape index (κ3) is 4.17. The summed E-state index contributed by atoms with van der Waals surface area (Å²) in [7, 11) is 1.23. The predicted octanol–water partition coefficient (Wildman–Crippen LogP) is 5.21. The maximum atomic E-state index is 13.6. The minimum Gasteiger partial charge on any atom is -0.467 e. The number of carbonyl (C=O) groups excluding carboxylic acids is 2. The molecule has 4 rings (SSSR count). The van der Waals surface area contributed by atoms with E-state index in [9.17, 15) is 14.7 Å². The van der Waals surface area contributed by atoms with Gasteiger partial charge < -0.3 is 14.6 Å². The lowest BCUT2D eigenvalue weighted by Crippen LogP contribution is -2.52. The number of fused-ring (bicyclic) bond motifs is 3. The van der Waals surface area contributed by atoms with E-state index in [4.69, 9.17) is 9.47 Å². The molecule has 3 aromatic carbocycles. The van der Waals surface area contributed by atoms with Crippen molar-refractivity contribution in [2.45, 2.75) is 44.6 Å². The van der Waals surface area contributed by atoms with Crippen molar-refractivity contribution in [3.05, 3.63) is 95.6 Å². The fraction of sp³-hybridized carbons (Fsp3) is 0.286. The largest absolute Gasteiger partial charge is 0.467 e. The normalized spacial score (nSPS) is 17.0. The number of esters is 1. The molecular formula is C28H29NO5. The Bertz CT molecular complexity index is 1200. The van der Waals surface area contributed by atoms with Gasteiger partial charge in [-0.2, -0.15) is 0 Å². The van der Waals surface area contributed by atoms with Crippen LogP contribution in [0.25, 0.3) is 11.1 Å². The quantitative estimate of drug-likeness (QED) is 0.545. The van der Waals surface area contributed by atoms with Gasteiger partial charge in [-0.1, -0.05) is 78.9 Å². The maximum Gasteiger partial charge on any atom is 0.411 e. The zero-order valence-corrected chi connectivity index (χ0v) is 19.8. The zero-order valence-electron chi connectivity index (χ0n) is 19.8. The van der Waals surface area contributed by atoms with E-state index in [1.165, 1.54) is 12.0 Å². The second-order valence-corrected chi connectivity index (χ2v) is 9.38. The summed E-state index contributed by atoms with van der Waals surface area (Å²) in [5.74, 6) is -0.863. The summed E-state index contributed by atoms with van der Waals surface area (Å²) in [5, 5.41) is 12.2. The van der Waals surface area contributed by atoms with Crippen molar-refractivity contribution in [3.8, 4) is 11.1 Å². The van der Waals surface area contributed by atoms with E-state index in [0.717, 1.165) is 16.7 Å².